The number of nitrogens with one attached hydrogen (secondary N) is 3. The topological polar surface area (TPSA) is 76.0 Å². The Balaban J connectivity index is 1.26. The van der Waals surface area contributed by atoms with Gasteiger partial charge in [0.1, 0.15) is 0 Å². The largest absolute Gasteiger partial charge is 0.370 e. The number of hydrazine groups is 1. The smallest absolute Gasteiger partial charge is 0.0830 e. The first-order valence-electron chi connectivity index (χ1n) is 11.3. The maximum absolute atomic E-state index is 6.45. The summed E-state index contributed by atoms with van der Waals surface area (Å²) in [5, 5.41) is 9.24. The van der Waals surface area contributed by atoms with Crippen molar-refractivity contribution in [3.63, 3.8) is 0 Å². The van der Waals surface area contributed by atoms with Gasteiger partial charge in [0, 0.05) is 35.8 Å². The van der Waals surface area contributed by atoms with E-state index in [2.05, 4.69) is 32.0 Å². The summed E-state index contributed by atoms with van der Waals surface area (Å²) in [4.78, 5) is 4.05. The summed E-state index contributed by atoms with van der Waals surface area (Å²) in [5.74, 6) is 0.458. The predicted octanol–water partition coefficient (Wildman–Crippen LogP) is 3.97. The first-order chi connectivity index (χ1) is 15.1. The van der Waals surface area contributed by atoms with Crippen molar-refractivity contribution in [2.24, 2.45) is 5.92 Å². The fraction of sp³-hybridized carbons (Fsp3) is 0.636. The lowest BCUT2D eigenvalue weighted by Gasteiger charge is -2.34. The molecule has 0 spiro atoms. The van der Waals surface area contributed by atoms with Crippen molar-refractivity contribution < 1.29 is 4.74 Å². The molecule has 5 atom stereocenters. The minimum Gasteiger partial charge on any atom is -0.370 e. The number of hydrogen-bond acceptors (Lipinski definition) is 6. The fourth-order valence-electron chi connectivity index (χ4n) is 5.42. The van der Waals surface area contributed by atoms with Crippen molar-refractivity contribution in [3.8, 4) is 0 Å². The van der Waals surface area contributed by atoms with Crippen LogP contribution in [-0.2, 0) is 4.74 Å². The van der Waals surface area contributed by atoms with Crippen LogP contribution in [0.25, 0.3) is 0 Å². The van der Waals surface area contributed by atoms with Crippen molar-refractivity contribution in [1.29, 1.82) is 0 Å². The second kappa shape index (κ2) is 9.33. The number of pyridine rings is 1. The quantitative estimate of drug-likeness (QED) is 0.621. The molecule has 4 heterocycles. The highest BCUT2D eigenvalue weighted by molar-refractivity contribution is 6.35. The second-order valence-electron chi connectivity index (χ2n) is 9.00. The molecule has 0 amide bonds. The third kappa shape index (κ3) is 4.49. The van der Waals surface area contributed by atoms with E-state index in [-0.39, 0.29) is 18.2 Å². The van der Waals surface area contributed by atoms with Crippen LogP contribution in [0.3, 0.4) is 0 Å². The zero-order valence-corrected chi connectivity index (χ0v) is 19.2. The van der Waals surface area contributed by atoms with Crippen LogP contribution >= 0.6 is 23.2 Å². The monoisotopic (exact) mass is 464 g/mol. The highest BCUT2D eigenvalue weighted by atomic mass is 35.5. The average Bonchev–Trinajstić information content (AvgIpc) is 3.41. The molecule has 0 aromatic carbocycles. The summed E-state index contributed by atoms with van der Waals surface area (Å²) >= 11 is 12.7. The minimum atomic E-state index is -0.173. The molecular weight excluding hydrogens is 435 g/mol. The summed E-state index contributed by atoms with van der Waals surface area (Å²) in [6.45, 7) is 4.15. The molecule has 2 aliphatic heterocycles. The minimum absolute atomic E-state index is 0.167. The molecule has 0 bridgehead atoms. The van der Waals surface area contributed by atoms with Gasteiger partial charge in [-0.3, -0.25) is 15.1 Å². The van der Waals surface area contributed by atoms with E-state index in [1.165, 1.54) is 5.56 Å². The number of hydrogen-bond donors (Lipinski definition) is 3. The van der Waals surface area contributed by atoms with Crippen LogP contribution in [0.1, 0.15) is 68.3 Å². The molecule has 3 N–H and O–H groups in total. The summed E-state index contributed by atoms with van der Waals surface area (Å²) in [6.07, 6.45) is 12.9. The van der Waals surface area contributed by atoms with Crippen molar-refractivity contribution in [3.05, 3.63) is 46.0 Å². The number of halogens is 2. The third-order valence-electron chi connectivity index (χ3n) is 7.06. The van der Waals surface area contributed by atoms with Gasteiger partial charge in [-0.1, -0.05) is 23.2 Å². The van der Waals surface area contributed by atoms with E-state index >= 15 is 0 Å². The maximum atomic E-state index is 6.45. The number of fused-ring (bicyclic) bond motifs is 1. The first-order valence-corrected chi connectivity index (χ1v) is 12.1. The highest BCUT2D eigenvalue weighted by Gasteiger charge is 2.42. The Morgan fingerprint density at radius 3 is 2.61 bits per heavy atom. The lowest BCUT2D eigenvalue weighted by atomic mass is 9.78. The first kappa shape index (κ1) is 21.6. The highest BCUT2D eigenvalue weighted by Crippen LogP contribution is 2.41. The maximum Gasteiger partial charge on any atom is 0.0830 e. The average molecular weight is 465 g/mol. The van der Waals surface area contributed by atoms with Crippen molar-refractivity contribution >= 4 is 23.2 Å². The Morgan fingerprint density at radius 1 is 1.06 bits per heavy atom. The molecule has 3 aliphatic rings. The molecular formula is C22H30Cl2N6O. The van der Waals surface area contributed by atoms with Crippen LogP contribution in [0.5, 0.6) is 0 Å². The Hall–Kier alpha value is -1.22. The molecule has 3 fully saturated rings. The van der Waals surface area contributed by atoms with Gasteiger partial charge in [0.25, 0.3) is 0 Å². The Labute approximate surface area is 193 Å². The van der Waals surface area contributed by atoms with Crippen LogP contribution in [0.15, 0.2) is 24.8 Å². The molecule has 168 valence electrons. The number of nitrogens with zero attached hydrogens (tertiary/aromatic N) is 3. The van der Waals surface area contributed by atoms with E-state index < -0.39 is 0 Å². The summed E-state index contributed by atoms with van der Waals surface area (Å²) in [5.41, 5.74) is 9.13. The van der Waals surface area contributed by atoms with Gasteiger partial charge in [-0.05, 0) is 58.0 Å². The molecule has 1 saturated carbocycles. The molecule has 1 aliphatic carbocycles. The molecule has 31 heavy (non-hydrogen) atoms. The zero-order valence-electron chi connectivity index (χ0n) is 17.7. The van der Waals surface area contributed by atoms with Gasteiger partial charge in [-0.25, -0.2) is 5.43 Å². The molecule has 0 radical (unpaired) electrons. The number of piperidine rings is 1. The molecule has 9 heteroatoms. The van der Waals surface area contributed by atoms with Crippen molar-refractivity contribution in [2.75, 3.05) is 13.1 Å². The molecule has 2 saturated heterocycles. The molecule has 2 aromatic rings. The number of ether oxygens (including phenoxy) is 1. The van der Waals surface area contributed by atoms with E-state index in [1.807, 2.05) is 13.1 Å². The van der Waals surface area contributed by atoms with Gasteiger partial charge in [0.05, 0.1) is 40.5 Å². The van der Waals surface area contributed by atoms with E-state index in [4.69, 9.17) is 33.0 Å². The van der Waals surface area contributed by atoms with Gasteiger partial charge >= 0.3 is 0 Å². The summed E-state index contributed by atoms with van der Waals surface area (Å²) in [7, 11) is 0. The summed E-state index contributed by atoms with van der Waals surface area (Å²) in [6, 6.07) is 1.20. The van der Waals surface area contributed by atoms with Crippen molar-refractivity contribution in [2.45, 2.75) is 69.4 Å². The van der Waals surface area contributed by atoms with Crippen LogP contribution in [-0.4, -0.2) is 40.0 Å². The van der Waals surface area contributed by atoms with Gasteiger partial charge in [0.15, 0.2) is 0 Å². The normalized spacial score (nSPS) is 30.3. The van der Waals surface area contributed by atoms with Crippen LogP contribution in [0, 0.1) is 5.92 Å². The van der Waals surface area contributed by atoms with Gasteiger partial charge in [-0.2, -0.15) is 5.10 Å². The second-order valence-corrected chi connectivity index (χ2v) is 9.82. The third-order valence-corrected chi connectivity index (χ3v) is 7.66. The van der Waals surface area contributed by atoms with Gasteiger partial charge < -0.3 is 10.1 Å². The Morgan fingerprint density at radius 2 is 1.84 bits per heavy atom. The van der Waals surface area contributed by atoms with Crippen LogP contribution in [0.2, 0.25) is 10.0 Å². The molecule has 5 rings (SSSR count). The van der Waals surface area contributed by atoms with E-state index in [1.54, 1.807) is 12.4 Å². The summed E-state index contributed by atoms with van der Waals surface area (Å²) < 4.78 is 8.62. The van der Waals surface area contributed by atoms with Crippen molar-refractivity contribution in [1.82, 2.24) is 30.9 Å². The van der Waals surface area contributed by atoms with Gasteiger partial charge in [0.2, 0.25) is 0 Å². The Bertz CT molecular complexity index is 882. The SMILES string of the molecule is C[C@@H](OC1CCC2NNC(c3cnn(C4CCNCC4)c3)C2C1)c1c(Cl)cncc1Cl. The number of aromatic nitrogens is 3. The zero-order chi connectivity index (χ0) is 21.4. The van der Waals surface area contributed by atoms with Crippen LogP contribution in [0.4, 0.5) is 0 Å². The van der Waals surface area contributed by atoms with E-state index in [0.717, 1.165) is 50.8 Å². The standard InChI is InChI=1S/C22H30Cl2N6O/c1-13(21-18(23)10-26-11-19(21)24)31-16-2-3-20-17(8-16)22(29-28-20)14-9-27-30(12-14)15-4-6-25-7-5-15/h9-13,15-17,20,22,25,28-29H,2-8H2,1H3/t13-,16?,17?,20?,22?/m1/s1. The van der Waals surface area contributed by atoms with Gasteiger partial charge in [-0.15, -0.1) is 0 Å². The Kier molecular flexibility index (Phi) is 6.51. The van der Waals surface area contributed by atoms with Crippen LogP contribution < -0.4 is 16.2 Å². The predicted molar refractivity (Wildman–Crippen MR) is 121 cm³/mol. The fourth-order valence-corrected chi connectivity index (χ4v) is 6.09. The van der Waals surface area contributed by atoms with E-state index in [9.17, 15) is 0 Å². The molecule has 4 unspecified atom stereocenters. The lowest BCUT2D eigenvalue weighted by molar-refractivity contribution is -0.0370. The van der Waals surface area contributed by atoms with E-state index in [0.29, 0.717) is 28.0 Å². The lowest BCUT2D eigenvalue weighted by Crippen LogP contribution is -2.37. The molecule has 2 aromatic heterocycles. The number of rotatable bonds is 5. The molecule has 7 nitrogen and oxygen atoms in total.